The van der Waals surface area contributed by atoms with E-state index in [1.807, 2.05) is 46.8 Å². The number of aromatic nitrogens is 1. The molecule has 24 heavy (non-hydrogen) atoms. The van der Waals surface area contributed by atoms with E-state index in [1.165, 1.54) is 27.3 Å². The first kappa shape index (κ1) is 22.0. The molecule has 3 rings (SSSR count). The molecule has 0 saturated carbocycles. The number of allylic oxidation sites excluding steroid dienone is 3. The Morgan fingerprint density at radius 1 is 0.708 bits per heavy atom. The lowest BCUT2D eigenvalue weighted by atomic mass is 10.2. The van der Waals surface area contributed by atoms with E-state index in [-0.39, 0.29) is 0 Å². The minimum Gasteiger partial charge on any atom is -0.344 e. The molecule has 1 aromatic heterocycles. The van der Waals surface area contributed by atoms with Gasteiger partial charge in [-0.25, -0.2) is 0 Å². The highest BCUT2D eigenvalue weighted by atomic mass is 35.5. The van der Waals surface area contributed by atoms with Crippen LogP contribution >= 0.6 is 11.6 Å². The summed E-state index contributed by atoms with van der Waals surface area (Å²) in [5.41, 5.74) is 4.07. The maximum atomic E-state index is 5.01. The highest BCUT2D eigenvalue weighted by Gasteiger charge is 2.04. The molecule has 0 aliphatic rings. The van der Waals surface area contributed by atoms with Gasteiger partial charge in [-0.05, 0) is 38.4 Å². The van der Waals surface area contributed by atoms with E-state index in [1.54, 1.807) is 6.08 Å². The molecule has 0 radical (unpaired) electrons. The number of halogens is 1. The van der Waals surface area contributed by atoms with Gasteiger partial charge in [-0.2, -0.15) is 0 Å². The van der Waals surface area contributed by atoms with E-state index in [0.717, 1.165) is 0 Å². The van der Waals surface area contributed by atoms with E-state index in [0.29, 0.717) is 0 Å². The summed E-state index contributed by atoms with van der Waals surface area (Å²) in [5, 5.41) is 2.68. The zero-order valence-electron chi connectivity index (χ0n) is 15.8. The molecule has 0 saturated heterocycles. The van der Waals surface area contributed by atoms with Gasteiger partial charge in [0.1, 0.15) is 0 Å². The first-order valence-electron chi connectivity index (χ1n) is 8.42. The van der Waals surface area contributed by atoms with Crippen LogP contribution < -0.4 is 0 Å². The highest BCUT2D eigenvalue weighted by molar-refractivity contribution is 6.25. The summed E-state index contributed by atoms with van der Waals surface area (Å²) in [6, 6.07) is 17.0. The van der Waals surface area contributed by atoms with Crippen molar-refractivity contribution in [3.63, 3.8) is 0 Å². The fraction of sp³-hybridized carbons (Fsp3) is 0.273. The van der Waals surface area contributed by atoms with Gasteiger partial charge in [-0.1, -0.05) is 80.1 Å². The van der Waals surface area contributed by atoms with Crippen molar-refractivity contribution >= 4 is 33.4 Å². The number of nitrogens with zero attached hydrogens (tertiary/aromatic N) is 1. The molecule has 1 nitrogen and oxygen atoms in total. The average molecular weight is 344 g/mol. The zero-order valence-corrected chi connectivity index (χ0v) is 16.5. The second-order valence-corrected chi connectivity index (χ2v) is 4.97. The molecular weight excluding hydrogens is 314 g/mol. The van der Waals surface area contributed by atoms with Gasteiger partial charge < -0.3 is 4.57 Å². The second kappa shape index (κ2) is 13.4. The van der Waals surface area contributed by atoms with E-state index in [9.17, 15) is 0 Å². The van der Waals surface area contributed by atoms with E-state index >= 15 is 0 Å². The Morgan fingerprint density at radius 2 is 1.04 bits per heavy atom. The first-order chi connectivity index (χ1) is 11.7. The van der Waals surface area contributed by atoms with Gasteiger partial charge in [0.2, 0.25) is 0 Å². The summed E-state index contributed by atoms with van der Waals surface area (Å²) in [6.45, 7) is 9.87. The van der Waals surface area contributed by atoms with Crippen LogP contribution in [0.4, 0.5) is 0 Å². The molecule has 0 spiro atoms. The Hall–Kier alpha value is -1.99. The molecule has 0 fully saturated rings. The van der Waals surface area contributed by atoms with Crippen LogP contribution in [-0.4, -0.2) is 4.57 Å². The van der Waals surface area contributed by atoms with E-state index in [4.69, 9.17) is 11.6 Å². The minimum absolute atomic E-state index is 1.30. The summed E-state index contributed by atoms with van der Waals surface area (Å²) in [6.07, 6.45) is 5.77. The van der Waals surface area contributed by atoms with Crippen LogP contribution in [0.5, 0.6) is 0 Å². The minimum atomic E-state index is 1.30. The van der Waals surface area contributed by atoms with Gasteiger partial charge >= 0.3 is 0 Å². The lowest BCUT2D eigenvalue weighted by Crippen LogP contribution is -1.84. The van der Waals surface area contributed by atoms with Gasteiger partial charge in [-0.3, -0.25) is 0 Å². The van der Waals surface area contributed by atoms with Crippen molar-refractivity contribution in [2.24, 2.45) is 7.05 Å². The van der Waals surface area contributed by atoms with Crippen LogP contribution in [0.1, 0.15) is 34.6 Å². The Morgan fingerprint density at radius 3 is 1.33 bits per heavy atom. The number of fused-ring (bicyclic) bond motifs is 3. The predicted molar refractivity (Wildman–Crippen MR) is 113 cm³/mol. The number of hydrogen-bond donors (Lipinski definition) is 0. The fourth-order valence-corrected chi connectivity index (χ4v) is 2.12. The van der Waals surface area contributed by atoms with Crippen molar-refractivity contribution in [2.45, 2.75) is 34.6 Å². The van der Waals surface area contributed by atoms with E-state index < -0.39 is 0 Å². The van der Waals surface area contributed by atoms with Gasteiger partial charge in [0.15, 0.2) is 0 Å². The zero-order chi connectivity index (χ0) is 18.4. The molecule has 130 valence electrons. The van der Waals surface area contributed by atoms with Gasteiger partial charge in [0.05, 0.1) is 0 Å². The summed E-state index contributed by atoms with van der Waals surface area (Å²) < 4.78 is 2.24. The average Bonchev–Trinajstić information content (AvgIpc) is 2.97. The topological polar surface area (TPSA) is 4.93 Å². The third-order valence-electron chi connectivity index (χ3n) is 3.28. The molecule has 3 aromatic rings. The van der Waals surface area contributed by atoms with Gasteiger partial charge in [-0.15, -0.1) is 0 Å². The number of benzene rings is 2. The molecule has 0 atom stereocenters. The molecule has 0 bridgehead atoms. The van der Waals surface area contributed by atoms with Crippen molar-refractivity contribution in [3.8, 4) is 0 Å². The van der Waals surface area contributed by atoms with Gasteiger partial charge in [0, 0.05) is 28.9 Å². The maximum Gasteiger partial charge on any atom is 0.0488 e. The van der Waals surface area contributed by atoms with Crippen LogP contribution in [0, 0.1) is 0 Å². The standard InChI is InChI=1S/C13H11N.C4H8.C3H5Cl.C2H6/c1-14-12-8-4-2-6-10(12)11-7-3-5-9-13(11)14;1-3-4-2;1-2-3-4;1-2/h2-9H,1H3;3-4H,1-2H3;2-3H,1H3;1-2H3/b;4-3-;3-2+;. The number of para-hydroxylation sites is 2. The molecule has 2 aromatic carbocycles. The second-order valence-electron chi connectivity index (χ2n) is 4.72. The lowest BCUT2D eigenvalue weighted by molar-refractivity contribution is 1.01. The van der Waals surface area contributed by atoms with Crippen LogP contribution in [0.15, 0.2) is 72.3 Å². The quantitative estimate of drug-likeness (QED) is 0.368. The van der Waals surface area contributed by atoms with Gasteiger partial charge in [0.25, 0.3) is 0 Å². The lowest BCUT2D eigenvalue weighted by Gasteiger charge is -1.95. The SMILES string of the molecule is C/C=C/Cl.C/C=C\C.CC.Cn1c2ccccc2c2ccccc21. The molecule has 0 amide bonds. The number of hydrogen-bond acceptors (Lipinski definition) is 0. The Kier molecular flexibility index (Phi) is 12.3. The number of aryl methyl sites for hydroxylation is 1. The van der Waals surface area contributed by atoms with Crippen LogP contribution in [-0.2, 0) is 7.05 Å². The van der Waals surface area contributed by atoms with Crippen molar-refractivity contribution < 1.29 is 0 Å². The van der Waals surface area contributed by atoms with Crippen molar-refractivity contribution in [1.82, 2.24) is 4.57 Å². The molecule has 1 heterocycles. The summed E-state index contributed by atoms with van der Waals surface area (Å²) in [5.74, 6) is 0. The number of rotatable bonds is 0. The van der Waals surface area contributed by atoms with Crippen LogP contribution in [0.25, 0.3) is 21.8 Å². The smallest absolute Gasteiger partial charge is 0.0488 e. The third kappa shape index (κ3) is 6.25. The van der Waals surface area contributed by atoms with Crippen molar-refractivity contribution in [3.05, 3.63) is 72.3 Å². The normalized spacial score (nSPS) is 9.96. The highest BCUT2D eigenvalue weighted by Crippen LogP contribution is 2.26. The monoisotopic (exact) mass is 343 g/mol. The molecule has 2 heteroatoms. The summed E-state index contributed by atoms with van der Waals surface area (Å²) in [7, 11) is 2.12. The Bertz CT molecular complexity index is 680. The summed E-state index contributed by atoms with van der Waals surface area (Å²) >= 11 is 5.01. The maximum absolute atomic E-state index is 5.01. The largest absolute Gasteiger partial charge is 0.344 e. The first-order valence-corrected chi connectivity index (χ1v) is 8.85. The van der Waals surface area contributed by atoms with Crippen LogP contribution in [0.3, 0.4) is 0 Å². The van der Waals surface area contributed by atoms with Crippen molar-refractivity contribution in [2.75, 3.05) is 0 Å². The summed E-state index contributed by atoms with van der Waals surface area (Å²) in [4.78, 5) is 0. The van der Waals surface area contributed by atoms with E-state index in [2.05, 4.69) is 60.1 Å². The molecule has 0 aliphatic heterocycles. The molecule has 0 N–H and O–H groups in total. The van der Waals surface area contributed by atoms with Crippen molar-refractivity contribution in [1.29, 1.82) is 0 Å². The molecular formula is C22H30ClN. The van der Waals surface area contributed by atoms with Crippen LogP contribution in [0.2, 0.25) is 0 Å². The molecule has 0 unspecified atom stereocenters. The Balaban J connectivity index is 0.000000447. The molecule has 0 aliphatic carbocycles. The third-order valence-corrected chi connectivity index (χ3v) is 3.53. The predicted octanol–water partition coefficient (Wildman–Crippen LogP) is 7.70. The fourth-order valence-electron chi connectivity index (χ4n) is 2.12. The Labute approximate surface area is 152 Å².